The van der Waals surface area contributed by atoms with E-state index in [1.807, 2.05) is 24.0 Å². The number of thiazole rings is 1. The molecule has 1 saturated heterocycles. The molecule has 3 aromatic rings. The molecule has 7 nitrogen and oxygen atoms in total. The van der Waals surface area contributed by atoms with Gasteiger partial charge in [-0.25, -0.2) is 15.0 Å². The van der Waals surface area contributed by atoms with Crippen LogP contribution in [0, 0.1) is 6.92 Å². The lowest BCUT2D eigenvalue weighted by Gasteiger charge is -2.25. The van der Waals surface area contributed by atoms with Crippen molar-refractivity contribution in [3.05, 3.63) is 58.6 Å². The Bertz CT molecular complexity index is 913. The maximum atomic E-state index is 12.9. The lowest BCUT2D eigenvalue weighted by Crippen LogP contribution is -2.30. The third-order valence-corrected chi connectivity index (χ3v) is 5.36. The Balaban J connectivity index is 1.57. The molecule has 1 N–H and O–H groups in total. The van der Waals surface area contributed by atoms with Gasteiger partial charge in [-0.3, -0.25) is 9.78 Å². The van der Waals surface area contributed by atoms with Crippen molar-refractivity contribution in [1.29, 1.82) is 0 Å². The van der Waals surface area contributed by atoms with Gasteiger partial charge in [0.15, 0.2) is 0 Å². The Morgan fingerprint density at radius 1 is 1.23 bits per heavy atom. The lowest BCUT2D eigenvalue weighted by molar-refractivity contribution is 0.0739. The molecule has 1 aliphatic heterocycles. The molecule has 1 amide bonds. The van der Waals surface area contributed by atoms with Crippen molar-refractivity contribution in [2.45, 2.75) is 25.8 Å². The molecule has 1 fully saturated rings. The van der Waals surface area contributed by atoms with Gasteiger partial charge in [0, 0.05) is 25.1 Å². The van der Waals surface area contributed by atoms with E-state index in [4.69, 9.17) is 0 Å². The quantitative estimate of drug-likeness (QED) is 0.762. The van der Waals surface area contributed by atoms with Crippen LogP contribution in [-0.4, -0.2) is 37.3 Å². The van der Waals surface area contributed by atoms with E-state index in [9.17, 15) is 4.79 Å². The summed E-state index contributed by atoms with van der Waals surface area (Å²) in [6, 6.07) is 4.00. The normalized spacial score (nSPS) is 16.7. The number of carbonyl (C=O) groups is 1. The summed E-state index contributed by atoms with van der Waals surface area (Å²) in [4.78, 5) is 32.4. The average Bonchev–Trinajstić information content (AvgIpc) is 3.31. The number of hydrogen-bond acceptors (Lipinski definition) is 7. The highest BCUT2D eigenvalue weighted by Crippen LogP contribution is 2.34. The van der Waals surface area contributed by atoms with E-state index in [1.165, 1.54) is 11.3 Å². The minimum atomic E-state index is 0.0504. The van der Waals surface area contributed by atoms with Gasteiger partial charge in [-0.1, -0.05) is 0 Å². The maximum absolute atomic E-state index is 12.9. The molecule has 8 heteroatoms. The van der Waals surface area contributed by atoms with Gasteiger partial charge in [0.25, 0.3) is 5.91 Å². The first-order valence-corrected chi connectivity index (χ1v) is 9.30. The van der Waals surface area contributed by atoms with Gasteiger partial charge in [-0.05, 0) is 37.5 Å². The molecule has 0 saturated carbocycles. The zero-order chi connectivity index (χ0) is 17.9. The molecule has 1 unspecified atom stereocenters. The van der Waals surface area contributed by atoms with Gasteiger partial charge < -0.3 is 10.2 Å². The second-order valence-corrected chi connectivity index (χ2v) is 6.97. The van der Waals surface area contributed by atoms with Gasteiger partial charge in [0.1, 0.15) is 16.5 Å². The maximum Gasteiger partial charge on any atom is 0.266 e. The molecule has 0 aromatic carbocycles. The third-order valence-electron chi connectivity index (χ3n) is 4.44. The summed E-state index contributed by atoms with van der Waals surface area (Å²) in [7, 11) is 0. The number of nitrogens with one attached hydrogen (secondary N) is 1. The molecule has 0 aliphatic carbocycles. The molecule has 3 aromatic heterocycles. The Morgan fingerprint density at radius 2 is 2.12 bits per heavy atom. The predicted octanol–water partition coefficient (Wildman–Crippen LogP) is 3.36. The Morgan fingerprint density at radius 3 is 2.88 bits per heavy atom. The van der Waals surface area contributed by atoms with Crippen molar-refractivity contribution in [1.82, 2.24) is 24.8 Å². The number of rotatable bonds is 4. The molecule has 0 spiro atoms. The molecule has 4 rings (SSSR count). The van der Waals surface area contributed by atoms with Crippen LogP contribution in [0.2, 0.25) is 0 Å². The second-order valence-electron chi connectivity index (χ2n) is 6.11. The fourth-order valence-corrected chi connectivity index (χ4v) is 3.97. The highest BCUT2D eigenvalue weighted by molar-refractivity contribution is 7.11. The molecular formula is C18H18N6OS. The zero-order valence-corrected chi connectivity index (χ0v) is 15.1. The van der Waals surface area contributed by atoms with E-state index in [-0.39, 0.29) is 11.9 Å². The third kappa shape index (κ3) is 3.28. The van der Waals surface area contributed by atoms with Crippen molar-refractivity contribution in [2.24, 2.45) is 0 Å². The minimum absolute atomic E-state index is 0.0504. The summed E-state index contributed by atoms with van der Waals surface area (Å²) in [6.45, 7) is 2.64. The summed E-state index contributed by atoms with van der Waals surface area (Å²) >= 11 is 1.40. The number of nitrogens with zero attached hydrogens (tertiary/aromatic N) is 5. The topological polar surface area (TPSA) is 83.9 Å². The first kappa shape index (κ1) is 16.6. The minimum Gasteiger partial charge on any atom is -0.331 e. The van der Waals surface area contributed by atoms with Crippen LogP contribution in [0.4, 0.5) is 11.6 Å². The Labute approximate surface area is 155 Å². The molecule has 26 heavy (non-hydrogen) atoms. The van der Waals surface area contributed by atoms with E-state index in [1.54, 1.807) is 30.3 Å². The van der Waals surface area contributed by atoms with E-state index in [0.717, 1.165) is 35.5 Å². The molecular weight excluding hydrogens is 348 g/mol. The van der Waals surface area contributed by atoms with Crippen LogP contribution < -0.4 is 5.32 Å². The molecule has 1 aliphatic rings. The summed E-state index contributed by atoms with van der Waals surface area (Å²) in [5.74, 6) is 1.39. The van der Waals surface area contributed by atoms with Gasteiger partial charge in [-0.2, -0.15) is 0 Å². The SMILES string of the molecule is Cc1ncsc1C(=O)N1CCCC1c1ccnc(Nc2cnccn2)c1. The van der Waals surface area contributed by atoms with Crippen LogP contribution in [-0.2, 0) is 0 Å². The van der Waals surface area contributed by atoms with Gasteiger partial charge >= 0.3 is 0 Å². The molecule has 132 valence electrons. The van der Waals surface area contributed by atoms with Crippen LogP contribution in [0.15, 0.2) is 42.4 Å². The van der Waals surface area contributed by atoms with E-state index in [2.05, 4.69) is 25.3 Å². The zero-order valence-electron chi connectivity index (χ0n) is 14.3. The second kappa shape index (κ2) is 7.17. The number of likely N-dealkylation sites (tertiary alicyclic amines) is 1. The van der Waals surface area contributed by atoms with Crippen LogP contribution in [0.3, 0.4) is 0 Å². The van der Waals surface area contributed by atoms with Crippen molar-refractivity contribution in [3.8, 4) is 0 Å². The Kier molecular flexibility index (Phi) is 4.57. The fourth-order valence-electron chi connectivity index (χ4n) is 3.21. The monoisotopic (exact) mass is 366 g/mol. The van der Waals surface area contributed by atoms with E-state index < -0.39 is 0 Å². The average molecular weight is 366 g/mol. The summed E-state index contributed by atoms with van der Waals surface area (Å²) < 4.78 is 0. The van der Waals surface area contributed by atoms with Crippen molar-refractivity contribution < 1.29 is 4.79 Å². The van der Waals surface area contributed by atoms with Gasteiger partial charge in [0.05, 0.1) is 23.4 Å². The van der Waals surface area contributed by atoms with E-state index in [0.29, 0.717) is 11.6 Å². The number of aromatic nitrogens is 4. The standard InChI is InChI=1S/C18H18N6OS/c1-12-17(26-11-22-12)18(25)24-8-2-3-14(24)13-4-5-20-15(9-13)23-16-10-19-6-7-21-16/h4-7,9-11,14H,2-3,8H2,1H3,(H,20,21,23). The number of anilines is 2. The smallest absolute Gasteiger partial charge is 0.266 e. The summed E-state index contributed by atoms with van der Waals surface area (Å²) in [5, 5.41) is 3.15. The van der Waals surface area contributed by atoms with Gasteiger partial charge in [-0.15, -0.1) is 11.3 Å². The van der Waals surface area contributed by atoms with Crippen molar-refractivity contribution >= 4 is 28.9 Å². The highest BCUT2D eigenvalue weighted by Gasteiger charge is 2.32. The number of aryl methyl sites for hydroxylation is 1. The fraction of sp³-hybridized carbons (Fsp3) is 0.278. The number of amides is 1. The van der Waals surface area contributed by atoms with Crippen LogP contribution >= 0.6 is 11.3 Å². The summed E-state index contributed by atoms with van der Waals surface area (Å²) in [5.41, 5.74) is 3.59. The van der Waals surface area contributed by atoms with Crippen LogP contribution in [0.1, 0.15) is 39.8 Å². The summed E-state index contributed by atoms with van der Waals surface area (Å²) in [6.07, 6.45) is 8.58. The Hall–Kier alpha value is -2.87. The van der Waals surface area contributed by atoms with Gasteiger partial charge in [0.2, 0.25) is 0 Å². The molecule has 0 bridgehead atoms. The van der Waals surface area contributed by atoms with Crippen LogP contribution in [0.5, 0.6) is 0 Å². The first-order chi connectivity index (χ1) is 12.7. The van der Waals surface area contributed by atoms with E-state index >= 15 is 0 Å². The van der Waals surface area contributed by atoms with Crippen molar-refractivity contribution in [3.63, 3.8) is 0 Å². The molecule has 1 atom stereocenters. The number of pyridine rings is 1. The molecule has 0 radical (unpaired) electrons. The largest absolute Gasteiger partial charge is 0.331 e. The van der Waals surface area contributed by atoms with Crippen LogP contribution in [0.25, 0.3) is 0 Å². The first-order valence-electron chi connectivity index (χ1n) is 8.42. The molecule has 4 heterocycles. The highest BCUT2D eigenvalue weighted by atomic mass is 32.1. The number of hydrogen-bond donors (Lipinski definition) is 1. The van der Waals surface area contributed by atoms with Crippen molar-refractivity contribution in [2.75, 3.05) is 11.9 Å². The predicted molar refractivity (Wildman–Crippen MR) is 99.4 cm³/mol. The lowest BCUT2D eigenvalue weighted by atomic mass is 10.1. The number of carbonyl (C=O) groups excluding carboxylic acids is 1.